The minimum atomic E-state index is -0.643. The van der Waals surface area contributed by atoms with Crippen molar-refractivity contribution in [2.75, 3.05) is 21.3 Å². The molecule has 7 heteroatoms. The second-order valence-corrected chi connectivity index (χ2v) is 9.32. The normalized spacial score (nSPS) is 30.1. The van der Waals surface area contributed by atoms with Gasteiger partial charge in [0.2, 0.25) is 5.75 Å². The number of carbonyl (C=O) groups excluding carboxylic acids is 1. The van der Waals surface area contributed by atoms with Crippen LogP contribution in [0.25, 0.3) is 0 Å². The molecule has 1 aliphatic heterocycles. The van der Waals surface area contributed by atoms with Crippen molar-refractivity contribution in [3.05, 3.63) is 29.3 Å². The predicted molar refractivity (Wildman–Crippen MR) is 121 cm³/mol. The standard InChI is InChI=1S/C25H36O7/c1-14(2)20-17(26)11-15(3)9-8-10-25(4)23(32-25)22(20)31-24(27)16-12-18(28-5)21(30-7)19(13-16)29-6/h9,12-14,17,20,22-23,26H,8,10-11H2,1-7H3/t17-,20?,22+,23-,25-/m1/s1. The molecular formula is C25H36O7. The van der Waals surface area contributed by atoms with E-state index in [0.29, 0.717) is 23.7 Å². The van der Waals surface area contributed by atoms with Crippen LogP contribution in [0.4, 0.5) is 0 Å². The maximum atomic E-state index is 13.3. The van der Waals surface area contributed by atoms with Crippen molar-refractivity contribution in [3.63, 3.8) is 0 Å². The number of hydrogen-bond donors (Lipinski definition) is 1. The van der Waals surface area contributed by atoms with Crippen molar-refractivity contribution < 1.29 is 33.6 Å². The van der Waals surface area contributed by atoms with Gasteiger partial charge < -0.3 is 28.8 Å². The number of fused-ring (bicyclic) bond motifs is 1. The molecule has 0 amide bonds. The second kappa shape index (κ2) is 9.71. The number of aliphatic hydroxyl groups is 1. The minimum absolute atomic E-state index is 0.0865. The molecule has 0 bridgehead atoms. The topological polar surface area (TPSA) is 86.8 Å². The zero-order chi connectivity index (χ0) is 23.6. The maximum absolute atomic E-state index is 13.3. The fourth-order valence-corrected chi connectivity index (χ4v) is 4.80. The van der Waals surface area contributed by atoms with Gasteiger partial charge in [0.15, 0.2) is 11.5 Å². The second-order valence-electron chi connectivity index (χ2n) is 9.32. The van der Waals surface area contributed by atoms with E-state index in [1.165, 1.54) is 21.3 Å². The number of hydrogen-bond acceptors (Lipinski definition) is 7. The summed E-state index contributed by atoms with van der Waals surface area (Å²) in [4.78, 5) is 13.3. The van der Waals surface area contributed by atoms with E-state index in [1.807, 2.05) is 27.7 Å². The molecule has 5 atom stereocenters. The first kappa shape index (κ1) is 24.4. The molecule has 3 rings (SSSR count). The van der Waals surface area contributed by atoms with Crippen LogP contribution in [-0.2, 0) is 9.47 Å². The Labute approximate surface area is 190 Å². The Kier molecular flexibility index (Phi) is 7.40. The van der Waals surface area contributed by atoms with Gasteiger partial charge in [0.05, 0.1) is 38.6 Å². The van der Waals surface area contributed by atoms with Crippen LogP contribution >= 0.6 is 0 Å². The Morgan fingerprint density at radius 3 is 2.31 bits per heavy atom. The average Bonchev–Trinajstić information content (AvgIpc) is 3.42. The number of ether oxygens (including phenoxy) is 5. The summed E-state index contributed by atoms with van der Waals surface area (Å²) in [6, 6.07) is 3.15. The molecule has 1 N–H and O–H groups in total. The highest BCUT2D eigenvalue weighted by Gasteiger charge is 2.60. The van der Waals surface area contributed by atoms with Crippen LogP contribution in [0.15, 0.2) is 23.8 Å². The van der Waals surface area contributed by atoms with Crippen LogP contribution < -0.4 is 14.2 Å². The smallest absolute Gasteiger partial charge is 0.338 e. The number of methoxy groups -OCH3 is 3. The van der Waals surface area contributed by atoms with Gasteiger partial charge in [-0.05, 0) is 51.2 Å². The number of esters is 1. The molecule has 7 nitrogen and oxygen atoms in total. The molecule has 1 aliphatic carbocycles. The van der Waals surface area contributed by atoms with Gasteiger partial charge in [0.25, 0.3) is 0 Å². The quantitative estimate of drug-likeness (QED) is 0.397. The first-order valence-electron chi connectivity index (χ1n) is 11.2. The fourth-order valence-electron chi connectivity index (χ4n) is 4.80. The fraction of sp³-hybridized carbons (Fsp3) is 0.640. The third-order valence-corrected chi connectivity index (χ3v) is 6.64. The van der Waals surface area contributed by atoms with Crippen LogP contribution in [0.1, 0.15) is 57.3 Å². The van der Waals surface area contributed by atoms with Crippen LogP contribution in [0, 0.1) is 11.8 Å². The molecule has 0 radical (unpaired) electrons. The molecule has 1 unspecified atom stereocenters. The largest absolute Gasteiger partial charge is 0.493 e. The molecule has 32 heavy (non-hydrogen) atoms. The Hall–Kier alpha value is -2.25. The Morgan fingerprint density at radius 1 is 1.16 bits per heavy atom. The monoisotopic (exact) mass is 448 g/mol. The number of benzene rings is 1. The summed E-state index contributed by atoms with van der Waals surface area (Å²) >= 11 is 0. The number of rotatable bonds is 6. The van der Waals surface area contributed by atoms with Gasteiger partial charge in [-0.15, -0.1) is 0 Å². The lowest BCUT2D eigenvalue weighted by Gasteiger charge is -2.34. The first-order valence-corrected chi connectivity index (χ1v) is 11.2. The van der Waals surface area contributed by atoms with Crippen LogP contribution in [0.3, 0.4) is 0 Å². The lowest BCUT2D eigenvalue weighted by Crippen LogP contribution is -2.44. The van der Waals surface area contributed by atoms with E-state index in [1.54, 1.807) is 12.1 Å². The molecule has 0 aromatic heterocycles. The highest BCUT2D eigenvalue weighted by atomic mass is 16.6. The molecular weight excluding hydrogens is 412 g/mol. The van der Waals surface area contributed by atoms with Crippen LogP contribution in [0.5, 0.6) is 17.2 Å². The van der Waals surface area contributed by atoms with Gasteiger partial charge in [-0.2, -0.15) is 0 Å². The third-order valence-electron chi connectivity index (χ3n) is 6.64. The van der Waals surface area contributed by atoms with Gasteiger partial charge in [-0.1, -0.05) is 25.5 Å². The van der Waals surface area contributed by atoms with E-state index < -0.39 is 18.2 Å². The van der Waals surface area contributed by atoms with Crippen LogP contribution in [-0.4, -0.2) is 56.3 Å². The predicted octanol–water partition coefficient (Wildman–Crippen LogP) is 4.16. The Balaban J connectivity index is 1.95. The van der Waals surface area contributed by atoms with Crippen molar-refractivity contribution in [1.82, 2.24) is 0 Å². The van der Waals surface area contributed by atoms with E-state index in [2.05, 4.69) is 6.08 Å². The summed E-state index contributed by atoms with van der Waals surface area (Å²) in [7, 11) is 4.51. The molecule has 178 valence electrons. The third kappa shape index (κ3) is 4.89. The summed E-state index contributed by atoms with van der Waals surface area (Å²) < 4.78 is 28.3. The summed E-state index contributed by atoms with van der Waals surface area (Å²) in [5.74, 6) is 0.449. The molecule has 1 aromatic carbocycles. The zero-order valence-corrected chi connectivity index (χ0v) is 20.1. The minimum Gasteiger partial charge on any atom is -0.493 e. The molecule has 0 saturated carbocycles. The number of aliphatic hydroxyl groups excluding tert-OH is 1. The number of allylic oxidation sites excluding steroid dienone is 1. The maximum Gasteiger partial charge on any atom is 0.338 e. The highest BCUT2D eigenvalue weighted by Crippen LogP contribution is 2.48. The van der Waals surface area contributed by atoms with Gasteiger partial charge >= 0.3 is 5.97 Å². The van der Waals surface area contributed by atoms with Crippen LogP contribution in [0.2, 0.25) is 0 Å². The lowest BCUT2D eigenvalue weighted by molar-refractivity contribution is -0.0441. The van der Waals surface area contributed by atoms with E-state index >= 15 is 0 Å². The lowest BCUT2D eigenvalue weighted by atomic mass is 9.78. The summed E-state index contributed by atoms with van der Waals surface area (Å²) in [6.07, 6.45) is 2.95. The molecule has 0 spiro atoms. The summed E-state index contributed by atoms with van der Waals surface area (Å²) in [5.41, 5.74) is 1.05. The van der Waals surface area contributed by atoms with E-state index in [0.717, 1.165) is 18.4 Å². The average molecular weight is 449 g/mol. The van der Waals surface area contributed by atoms with E-state index in [4.69, 9.17) is 23.7 Å². The molecule has 1 saturated heterocycles. The molecule has 1 aromatic rings. The number of carbonyl (C=O) groups is 1. The Bertz CT molecular complexity index is 837. The highest BCUT2D eigenvalue weighted by molar-refractivity contribution is 5.91. The van der Waals surface area contributed by atoms with E-state index in [9.17, 15) is 9.90 Å². The van der Waals surface area contributed by atoms with Crippen molar-refractivity contribution in [3.8, 4) is 17.2 Å². The van der Waals surface area contributed by atoms with Gasteiger partial charge in [0, 0.05) is 5.92 Å². The van der Waals surface area contributed by atoms with Crippen molar-refractivity contribution in [1.29, 1.82) is 0 Å². The molecule has 2 aliphatic rings. The SMILES string of the molecule is COc1cc(C(=O)O[C@H]2C(C(C)C)[C@H](O)CC(C)=CCC[C@@]3(C)O[C@H]23)cc(OC)c1OC. The zero-order valence-electron chi connectivity index (χ0n) is 20.1. The van der Waals surface area contributed by atoms with Gasteiger partial charge in [-0.3, -0.25) is 0 Å². The van der Waals surface area contributed by atoms with E-state index in [-0.39, 0.29) is 29.1 Å². The van der Waals surface area contributed by atoms with Crippen molar-refractivity contribution in [2.45, 2.75) is 70.9 Å². The van der Waals surface area contributed by atoms with Gasteiger partial charge in [0.1, 0.15) is 12.2 Å². The Morgan fingerprint density at radius 2 is 1.78 bits per heavy atom. The molecule has 1 fully saturated rings. The number of epoxide rings is 1. The van der Waals surface area contributed by atoms with Crippen molar-refractivity contribution in [2.24, 2.45) is 11.8 Å². The summed E-state index contributed by atoms with van der Waals surface area (Å²) in [6.45, 7) is 8.16. The van der Waals surface area contributed by atoms with Gasteiger partial charge in [-0.25, -0.2) is 4.79 Å². The summed E-state index contributed by atoms with van der Waals surface area (Å²) in [5, 5.41) is 11.1. The van der Waals surface area contributed by atoms with Crippen molar-refractivity contribution >= 4 is 5.97 Å². The molecule has 1 heterocycles. The first-order chi connectivity index (χ1) is 15.1.